The van der Waals surface area contributed by atoms with Gasteiger partial charge in [0.1, 0.15) is 0 Å². The molecule has 1 rings (SSSR count). The topological polar surface area (TPSA) is 21.3 Å². The Morgan fingerprint density at radius 1 is 1.12 bits per heavy atom. The van der Waals surface area contributed by atoms with Crippen molar-refractivity contribution < 1.29 is 4.74 Å². The molecule has 0 amide bonds. The maximum Gasteiger partial charge on any atom is 0.0543 e. The fourth-order valence-corrected chi connectivity index (χ4v) is 3.01. The summed E-state index contributed by atoms with van der Waals surface area (Å²) in [6, 6.07) is 0.718. The Hall–Kier alpha value is -0.0800. The first-order chi connectivity index (χ1) is 8.27. The van der Waals surface area contributed by atoms with Gasteiger partial charge in [0.05, 0.1) is 6.10 Å². The number of methoxy groups -OCH3 is 1. The summed E-state index contributed by atoms with van der Waals surface area (Å²) >= 11 is 0. The first kappa shape index (κ1) is 15.0. The molecule has 102 valence electrons. The van der Waals surface area contributed by atoms with Gasteiger partial charge in [-0.25, -0.2) is 0 Å². The third kappa shape index (κ3) is 5.87. The van der Waals surface area contributed by atoms with E-state index in [1.165, 1.54) is 51.4 Å². The second-order valence-electron chi connectivity index (χ2n) is 5.54. The molecule has 2 unspecified atom stereocenters. The lowest BCUT2D eigenvalue weighted by Crippen LogP contribution is -2.36. The van der Waals surface area contributed by atoms with Crippen molar-refractivity contribution in [2.75, 3.05) is 13.7 Å². The van der Waals surface area contributed by atoms with E-state index in [1.54, 1.807) is 0 Å². The van der Waals surface area contributed by atoms with Gasteiger partial charge < -0.3 is 10.1 Å². The summed E-state index contributed by atoms with van der Waals surface area (Å²) in [6.45, 7) is 5.50. The lowest BCUT2D eigenvalue weighted by atomic mass is 9.88. The molecule has 0 radical (unpaired) electrons. The molecule has 1 aliphatic rings. The van der Waals surface area contributed by atoms with Crippen molar-refractivity contribution in [3.63, 3.8) is 0 Å². The van der Waals surface area contributed by atoms with Gasteiger partial charge in [0.15, 0.2) is 0 Å². The molecule has 1 aliphatic carbocycles. The van der Waals surface area contributed by atoms with E-state index in [-0.39, 0.29) is 0 Å². The predicted molar refractivity (Wildman–Crippen MR) is 74.4 cm³/mol. The number of hydrogen-bond acceptors (Lipinski definition) is 2. The van der Waals surface area contributed by atoms with Crippen molar-refractivity contribution in [2.24, 2.45) is 5.92 Å². The highest BCUT2D eigenvalue weighted by atomic mass is 16.5. The molecular formula is C15H31NO. The molecule has 1 N–H and O–H groups in total. The Morgan fingerprint density at radius 2 is 1.76 bits per heavy atom. The summed E-state index contributed by atoms with van der Waals surface area (Å²) in [4.78, 5) is 0. The fraction of sp³-hybridized carbons (Fsp3) is 1.00. The van der Waals surface area contributed by atoms with E-state index in [9.17, 15) is 0 Å². The minimum absolute atomic E-state index is 0.405. The van der Waals surface area contributed by atoms with Crippen LogP contribution in [0.5, 0.6) is 0 Å². The van der Waals surface area contributed by atoms with Crippen molar-refractivity contribution in [2.45, 2.75) is 77.4 Å². The van der Waals surface area contributed by atoms with E-state index in [0.29, 0.717) is 6.10 Å². The van der Waals surface area contributed by atoms with Crippen molar-refractivity contribution in [3.8, 4) is 0 Å². The zero-order valence-corrected chi connectivity index (χ0v) is 12.0. The van der Waals surface area contributed by atoms with Crippen molar-refractivity contribution >= 4 is 0 Å². The predicted octanol–water partition coefficient (Wildman–Crippen LogP) is 3.75. The largest absolute Gasteiger partial charge is 0.382 e. The van der Waals surface area contributed by atoms with Crippen LogP contribution >= 0.6 is 0 Å². The summed E-state index contributed by atoms with van der Waals surface area (Å²) < 4.78 is 5.36. The van der Waals surface area contributed by atoms with Crippen molar-refractivity contribution in [1.82, 2.24) is 5.32 Å². The molecule has 2 heteroatoms. The third-order valence-corrected chi connectivity index (χ3v) is 4.22. The van der Waals surface area contributed by atoms with Crippen LogP contribution in [0.1, 0.15) is 65.2 Å². The molecule has 0 saturated heterocycles. The molecule has 1 saturated carbocycles. The molecule has 0 bridgehead atoms. The molecular weight excluding hydrogens is 210 g/mol. The van der Waals surface area contributed by atoms with Gasteiger partial charge in [-0.2, -0.15) is 0 Å². The molecule has 17 heavy (non-hydrogen) atoms. The van der Waals surface area contributed by atoms with Gasteiger partial charge in [-0.15, -0.1) is 0 Å². The average Bonchev–Trinajstić information content (AvgIpc) is 2.62. The van der Waals surface area contributed by atoms with E-state index in [1.807, 2.05) is 7.11 Å². The average molecular weight is 241 g/mol. The van der Waals surface area contributed by atoms with E-state index < -0.39 is 0 Å². The van der Waals surface area contributed by atoms with Crippen LogP contribution in [0, 0.1) is 5.92 Å². The van der Waals surface area contributed by atoms with Gasteiger partial charge >= 0.3 is 0 Å². The van der Waals surface area contributed by atoms with E-state index in [2.05, 4.69) is 19.2 Å². The van der Waals surface area contributed by atoms with E-state index >= 15 is 0 Å². The zero-order chi connectivity index (χ0) is 12.5. The van der Waals surface area contributed by atoms with Crippen LogP contribution in [0.25, 0.3) is 0 Å². The monoisotopic (exact) mass is 241 g/mol. The first-order valence-corrected chi connectivity index (χ1v) is 7.54. The van der Waals surface area contributed by atoms with Crippen molar-refractivity contribution in [3.05, 3.63) is 0 Å². The van der Waals surface area contributed by atoms with Crippen LogP contribution in [0.4, 0.5) is 0 Å². The van der Waals surface area contributed by atoms with Gasteiger partial charge in [-0.05, 0) is 45.1 Å². The number of hydrogen-bond donors (Lipinski definition) is 1. The lowest BCUT2D eigenvalue weighted by molar-refractivity contribution is 0.102. The summed E-state index contributed by atoms with van der Waals surface area (Å²) in [7, 11) is 1.82. The molecule has 2 atom stereocenters. The van der Waals surface area contributed by atoms with E-state index in [0.717, 1.165) is 18.5 Å². The highest BCUT2D eigenvalue weighted by molar-refractivity contribution is 4.78. The SMILES string of the molecule is CCNC(CCC(C)OC)C1CCCCCC1. The van der Waals surface area contributed by atoms with Crippen LogP contribution in [-0.4, -0.2) is 25.8 Å². The smallest absolute Gasteiger partial charge is 0.0543 e. The molecule has 2 nitrogen and oxygen atoms in total. The van der Waals surface area contributed by atoms with Gasteiger partial charge in [0.2, 0.25) is 0 Å². The second-order valence-corrected chi connectivity index (χ2v) is 5.54. The van der Waals surface area contributed by atoms with Gasteiger partial charge in [0, 0.05) is 13.2 Å². The van der Waals surface area contributed by atoms with Gasteiger partial charge in [-0.1, -0.05) is 32.6 Å². The first-order valence-electron chi connectivity index (χ1n) is 7.54. The molecule has 0 aromatic carbocycles. The zero-order valence-electron chi connectivity index (χ0n) is 12.0. The van der Waals surface area contributed by atoms with Crippen LogP contribution in [0.15, 0.2) is 0 Å². The van der Waals surface area contributed by atoms with Crippen LogP contribution in [0.3, 0.4) is 0 Å². The second kappa shape index (κ2) is 8.93. The highest BCUT2D eigenvalue weighted by Gasteiger charge is 2.22. The number of rotatable bonds is 7. The minimum Gasteiger partial charge on any atom is -0.382 e. The Morgan fingerprint density at radius 3 is 2.29 bits per heavy atom. The lowest BCUT2D eigenvalue weighted by Gasteiger charge is -2.28. The Balaban J connectivity index is 2.39. The Kier molecular flexibility index (Phi) is 7.87. The highest BCUT2D eigenvalue weighted by Crippen LogP contribution is 2.27. The Bertz CT molecular complexity index is 176. The molecule has 0 aromatic rings. The summed E-state index contributed by atoms with van der Waals surface area (Å²) in [5, 5.41) is 3.70. The quantitative estimate of drug-likeness (QED) is 0.685. The van der Waals surface area contributed by atoms with Crippen LogP contribution in [0.2, 0.25) is 0 Å². The minimum atomic E-state index is 0.405. The normalized spacial score (nSPS) is 22.1. The standard InChI is InChI=1S/C15H31NO/c1-4-16-15(12-11-13(2)17-3)14-9-7-5-6-8-10-14/h13-16H,4-12H2,1-3H3. The van der Waals surface area contributed by atoms with Crippen LogP contribution < -0.4 is 5.32 Å². The van der Waals surface area contributed by atoms with E-state index in [4.69, 9.17) is 4.74 Å². The fourth-order valence-electron chi connectivity index (χ4n) is 3.01. The molecule has 0 heterocycles. The van der Waals surface area contributed by atoms with Gasteiger partial charge in [0.25, 0.3) is 0 Å². The summed E-state index contributed by atoms with van der Waals surface area (Å²) in [5.41, 5.74) is 0. The maximum absolute atomic E-state index is 5.36. The van der Waals surface area contributed by atoms with Gasteiger partial charge in [-0.3, -0.25) is 0 Å². The maximum atomic E-state index is 5.36. The molecule has 0 aliphatic heterocycles. The molecule has 0 aromatic heterocycles. The third-order valence-electron chi connectivity index (χ3n) is 4.22. The Labute approximate surface area is 108 Å². The summed E-state index contributed by atoms with van der Waals surface area (Å²) in [6.07, 6.45) is 11.5. The molecule has 0 spiro atoms. The number of nitrogens with one attached hydrogen (secondary N) is 1. The molecule has 1 fully saturated rings. The number of ether oxygens (including phenoxy) is 1. The van der Waals surface area contributed by atoms with Crippen LogP contribution in [-0.2, 0) is 4.74 Å². The summed E-state index contributed by atoms with van der Waals surface area (Å²) in [5.74, 6) is 0.904. The van der Waals surface area contributed by atoms with Crippen molar-refractivity contribution in [1.29, 1.82) is 0 Å².